The summed E-state index contributed by atoms with van der Waals surface area (Å²) >= 11 is 0. The number of methoxy groups -OCH3 is 2. The Balaban J connectivity index is 1.86. The normalized spacial score (nSPS) is 10.6. The quantitative estimate of drug-likeness (QED) is 0.533. The fourth-order valence-electron chi connectivity index (χ4n) is 3.17. The summed E-state index contributed by atoms with van der Waals surface area (Å²) in [6, 6.07) is 18.3. The van der Waals surface area contributed by atoms with E-state index in [0.717, 1.165) is 22.6 Å². The molecule has 2 aromatic carbocycles. The van der Waals surface area contributed by atoms with E-state index in [0.29, 0.717) is 22.9 Å². The van der Waals surface area contributed by atoms with E-state index in [2.05, 4.69) is 4.98 Å². The molecule has 2 aromatic heterocycles. The summed E-state index contributed by atoms with van der Waals surface area (Å²) in [7, 11) is 3.20. The molecular formula is C23H20N4O3. The second kappa shape index (κ2) is 8.08. The fraction of sp³-hybridized carbons (Fsp3) is 0.0870. The zero-order chi connectivity index (χ0) is 21.1. The molecule has 0 aliphatic rings. The largest absolute Gasteiger partial charge is 0.493 e. The van der Waals surface area contributed by atoms with Gasteiger partial charge in [-0.3, -0.25) is 14.3 Å². The van der Waals surface area contributed by atoms with Gasteiger partial charge in [0.1, 0.15) is 5.69 Å². The smallest absolute Gasteiger partial charge is 0.248 e. The number of primary amides is 1. The third-order valence-corrected chi connectivity index (χ3v) is 4.71. The second-order valence-electron chi connectivity index (χ2n) is 6.52. The topological polar surface area (TPSA) is 92.3 Å². The van der Waals surface area contributed by atoms with Gasteiger partial charge in [0.05, 0.1) is 25.6 Å². The minimum Gasteiger partial charge on any atom is -0.493 e. The lowest BCUT2D eigenvalue weighted by Gasteiger charge is -2.12. The molecular weight excluding hydrogens is 380 g/mol. The SMILES string of the molecule is COc1ccc(-n2cc(-c3ccc(C(N)=O)cc3)nc2-c2ccccn2)cc1OC. The van der Waals surface area contributed by atoms with E-state index in [1.807, 2.05) is 59.3 Å². The predicted octanol–water partition coefficient (Wildman–Crippen LogP) is 3.72. The lowest BCUT2D eigenvalue weighted by atomic mass is 10.1. The zero-order valence-electron chi connectivity index (χ0n) is 16.6. The number of pyridine rings is 1. The Bertz CT molecular complexity index is 1190. The fourth-order valence-corrected chi connectivity index (χ4v) is 3.17. The van der Waals surface area contributed by atoms with Crippen LogP contribution in [0.25, 0.3) is 28.5 Å². The molecule has 2 N–H and O–H groups in total. The number of hydrogen-bond donors (Lipinski definition) is 1. The number of nitrogens with two attached hydrogens (primary N) is 1. The molecule has 4 aromatic rings. The van der Waals surface area contributed by atoms with E-state index in [1.54, 1.807) is 32.5 Å². The number of benzene rings is 2. The van der Waals surface area contributed by atoms with E-state index in [1.165, 1.54) is 0 Å². The second-order valence-corrected chi connectivity index (χ2v) is 6.52. The standard InChI is InChI=1S/C23H20N4O3/c1-29-20-11-10-17(13-21(20)30-2)27-14-19(15-6-8-16(9-7-15)22(24)28)26-23(27)18-5-3-4-12-25-18/h3-14H,1-2H3,(H2,24,28). The molecule has 4 rings (SSSR count). The minimum atomic E-state index is -0.466. The Morgan fingerprint density at radius 2 is 1.70 bits per heavy atom. The van der Waals surface area contributed by atoms with E-state index < -0.39 is 5.91 Å². The van der Waals surface area contributed by atoms with Gasteiger partial charge in [0.25, 0.3) is 0 Å². The van der Waals surface area contributed by atoms with Crippen molar-refractivity contribution in [1.29, 1.82) is 0 Å². The van der Waals surface area contributed by atoms with Crippen LogP contribution < -0.4 is 15.2 Å². The minimum absolute atomic E-state index is 0.447. The number of rotatable bonds is 6. The monoisotopic (exact) mass is 400 g/mol. The van der Waals surface area contributed by atoms with E-state index in [4.69, 9.17) is 20.2 Å². The highest BCUT2D eigenvalue weighted by Gasteiger charge is 2.16. The van der Waals surface area contributed by atoms with Crippen molar-refractivity contribution < 1.29 is 14.3 Å². The number of amides is 1. The molecule has 0 fully saturated rings. The maximum Gasteiger partial charge on any atom is 0.248 e. The number of nitrogens with zero attached hydrogens (tertiary/aromatic N) is 3. The molecule has 1 amide bonds. The first kappa shape index (κ1) is 19.2. The Kier molecular flexibility index (Phi) is 5.17. The van der Waals surface area contributed by atoms with Crippen LogP contribution >= 0.6 is 0 Å². The Morgan fingerprint density at radius 1 is 0.933 bits per heavy atom. The van der Waals surface area contributed by atoms with Gasteiger partial charge in [-0.05, 0) is 36.4 Å². The number of aromatic nitrogens is 3. The predicted molar refractivity (Wildman–Crippen MR) is 114 cm³/mol. The maximum atomic E-state index is 11.4. The summed E-state index contributed by atoms with van der Waals surface area (Å²) in [5.74, 6) is 1.47. The van der Waals surface area contributed by atoms with Gasteiger partial charge in [-0.15, -0.1) is 0 Å². The van der Waals surface area contributed by atoms with Crippen molar-refractivity contribution in [3.63, 3.8) is 0 Å². The number of hydrogen-bond acceptors (Lipinski definition) is 5. The molecule has 0 saturated heterocycles. The van der Waals surface area contributed by atoms with Crippen LogP contribution in [-0.2, 0) is 0 Å². The summed E-state index contributed by atoms with van der Waals surface area (Å²) in [5, 5.41) is 0. The molecule has 0 radical (unpaired) electrons. The van der Waals surface area contributed by atoms with Crippen LogP contribution in [0.15, 0.2) is 73.1 Å². The van der Waals surface area contributed by atoms with Crippen molar-refractivity contribution >= 4 is 5.91 Å². The summed E-state index contributed by atoms with van der Waals surface area (Å²) in [5.41, 5.74) is 8.96. The van der Waals surface area contributed by atoms with Gasteiger partial charge in [-0.2, -0.15) is 0 Å². The number of ether oxygens (including phenoxy) is 2. The van der Waals surface area contributed by atoms with Crippen molar-refractivity contribution in [2.45, 2.75) is 0 Å². The Hall–Kier alpha value is -4.13. The molecule has 0 spiro atoms. The molecule has 0 atom stereocenters. The number of imidazole rings is 1. The van der Waals surface area contributed by atoms with Gasteiger partial charge in [-0.1, -0.05) is 18.2 Å². The molecule has 0 aliphatic heterocycles. The van der Waals surface area contributed by atoms with Crippen LogP contribution in [-0.4, -0.2) is 34.7 Å². The van der Waals surface area contributed by atoms with Crippen LogP contribution in [0, 0.1) is 0 Å². The molecule has 0 bridgehead atoms. The molecule has 7 nitrogen and oxygen atoms in total. The molecule has 150 valence electrons. The van der Waals surface area contributed by atoms with Crippen LogP contribution in [0.4, 0.5) is 0 Å². The Labute approximate surface area is 173 Å². The van der Waals surface area contributed by atoms with Crippen LogP contribution in [0.5, 0.6) is 11.5 Å². The van der Waals surface area contributed by atoms with Crippen LogP contribution in [0.1, 0.15) is 10.4 Å². The maximum absolute atomic E-state index is 11.4. The zero-order valence-corrected chi connectivity index (χ0v) is 16.6. The third kappa shape index (κ3) is 3.60. The van der Waals surface area contributed by atoms with Gasteiger partial charge >= 0.3 is 0 Å². The van der Waals surface area contributed by atoms with Crippen molar-refractivity contribution in [3.8, 4) is 40.0 Å². The number of carbonyl (C=O) groups is 1. The van der Waals surface area contributed by atoms with Gasteiger partial charge in [0.2, 0.25) is 5.91 Å². The van der Waals surface area contributed by atoms with Crippen molar-refractivity contribution in [1.82, 2.24) is 14.5 Å². The Morgan fingerprint density at radius 3 is 2.33 bits per heavy atom. The van der Waals surface area contributed by atoms with Gasteiger partial charge in [0, 0.05) is 29.6 Å². The average Bonchev–Trinajstić information content (AvgIpc) is 3.24. The van der Waals surface area contributed by atoms with Gasteiger partial charge in [0.15, 0.2) is 17.3 Å². The summed E-state index contributed by atoms with van der Waals surface area (Å²) in [4.78, 5) is 20.6. The highest BCUT2D eigenvalue weighted by atomic mass is 16.5. The average molecular weight is 400 g/mol. The number of carbonyl (C=O) groups excluding carboxylic acids is 1. The summed E-state index contributed by atoms with van der Waals surface area (Å²) in [6.45, 7) is 0. The van der Waals surface area contributed by atoms with Crippen molar-refractivity contribution in [2.24, 2.45) is 5.73 Å². The first-order chi connectivity index (χ1) is 14.6. The first-order valence-electron chi connectivity index (χ1n) is 9.24. The van der Waals surface area contributed by atoms with Crippen LogP contribution in [0.2, 0.25) is 0 Å². The van der Waals surface area contributed by atoms with Gasteiger partial charge < -0.3 is 15.2 Å². The highest BCUT2D eigenvalue weighted by Crippen LogP contribution is 2.32. The van der Waals surface area contributed by atoms with E-state index in [9.17, 15) is 4.79 Å². The van der Waals surface area contributed by atoms with Gasteiger partial charge in [-0.25, -0.2) is 4.98 Å². The first-order valence-corrected chi connectivity index (χ1v) is 9.24. The molecule has 0 unspecified atom stereocenters. The van der Waals surface area contributed by atoms with E-state index >= 15 is 0 Å². The van der Waals surface area contributed by atoms with Crippen LogP contribution in [0.3, 0.4) is 0 Å². The molecule has 0 saturated carbocycles. The lowest BCUT2D eigenvalue weighted by Crippen LogP contribution is -2.10. The molecule has 0 aliphatic carbocycles. The third-order valence-electron chi connectivity index (χ3n) is 4.71. The summed E-state index contributed by atoms with van der Waals surface area (Å²) < 4.78 is 12.7. The van der Waals surface area contributed by atoms with E-state index in [-0.39, 0.29) is 0 Å². The summed E-state index contributed by atoms with van der Waals surface area (Å²) in [6.07, 6.45) is 3.65. The molecule has 7 heteroatoms. The van der Waals surface area contributed by atoms with Crippen molar-refractivity contribution in [2.75, 3.05) is 14.2 Å². The lowest BCUT2D eigenvalue weighted by molar-refractivity contribution is 0.100. The molecule has 2 heterocycles. The molecule has 30 heavy (non-hydrogen) atoms. The van der Waals surface area contributed by atoms with Crippen molar-refractivity contribution in [3.05, 3.63) is 78.6 Å². The highest BCUT2D eigenvalue weighted by molar-refractivity contribution is 5.93.